The van der Waals surface area contributed by atoms with Gasteiger partial charge in [0.25, 0.3) is 5.91 Å². The molecular weight excluding hydrogens is 403 g/mol. The fourth-order valence-electron chi connectivity index (χ4n) is 3.31. The zero-order valence-electron chi connectivity index (χ0n) is 16.4. The Bertz CT molecular complexity index is 1020. The van der Waals surface area contributed by atoms with Crippen LogP contribution < -0.4 is 5.32 Å². The molecule has 2 aromatic carbocycles. The van der Waals surface area contributed by atoms with Crippen LogP contribution in [-0.4, -0.2) is 32.3 Å². The van der Waals surface area contributed by atoms with E-state index in [0.717, 1.165) is 41.1 Å². The summed E-state index contributed by atoms with van der Waals surface area (Å²) in [4.78, 5) is 28.1. The van der Waals surface area contributed by atoms with Gasteiger partial charge in [0, 0.05) is 18.0 Å². The molecule has 8 heteroatoms. The minimum absolute atomic E-state index is 0.0120. The molecule has 1 fully saturated rings. The molecule has 30 heavy (non-hydrogen) atoms. The highest BCUT2D eigenvalue weighted by atomic mass is 32.1. The molecule has 1 N–H and O–H groups in total. The van der Waals surface area contributed by atoms with Crippen LogP contribution in [0.3, 0.4) is 0 Å². The van der Waals surface area contributed by atoms with Crippen LogP contribution in [0.25, 0.3) is 0 Å². The van der Waals surface area contributed by atoms with Crippen molar-refractivity contribution in [2.24, 2.45) is 0 Å². The lowest BCUT2D eigenvalue weighted by atomic mass is 10.0. The zero-order valence-corrected chi connectivity index (χ0v) is 17.2. The van der Waals surface area contributed by atoms with Gasteiger partial charge in [-0.3, -0.25) is 9.59 Å². The first-order chi connectivity index (χ1) is 14.5. The van der Waals surface area contributed by atoms with Crippen LogP contribution in [0, 0.1) is 12.7 Å². The molecule has 1 heterocycles. The molecule has 1 atom stereocenters. The predicted molar refractivity (Wildman–Crippen MR) is 111 cm³/mol. The van der Waals surface area contributed by atoms with Crippen LogP contribution in [0.4, 0.5) is 4.39 Å². The third-order valence-electron chi connectivity index (χ3n) is 5.05. The van der Waals surface area contributed by atoms with E-state index in [1.165, 1.54) is 12.1 Å². The van der Waals surface area contributed by atoms with Crippen molar-refractivity contribution >= 4 is 23.3 Å². The quantitative estimate of drug-likeness (QED) is 0.628. The summed E-state index contributed by atoms with van der Waals surface area (Å²) in [5.74, 6) is -0.912. The first-order valence-corrected chi connectivity index (χ1v) is 10.5. The average molecular weight is 425 g/mol. The fraction of sp³-hybridized carbons (Fsp3) is 0.273. The van der Waals surface area contributed by atoms with Gasteiger partial charge >= 0.3 is 0 Å². The molecule has 4 rings (SSSR count). The molecule has 2 amide bonds. The lowest BCUT2D eigenvalue weighted by Crippen LogP contribution is -2.45. The topological polar surface area (TPSA) is 75.2 Å². The maximum atomic E-state index is 13.3. The molecule has 0 unspecified atom stereocenters. The largest absolute Gasteiger partial charge is 0.350 e. The van der Waals surface area contributed by atoms with Gasteiger partial charge in [0.15, 0.2) is 5.69 Å². The van der Waals surface area contributed by atoms with E-state index < -0.39 is 6.04 Å². The summed E-state index contributed by atoms with van der Waals surface area (Å²) in [6.07, 6.45) is 1.69. The van der Waals surface area contributed by atoms with Crippen LogP contribution in [-0.2, 0) is 11.3 Å². The fourth-order valence-corrected chi connectivity index (χ4v) is 3.74. The standard InChI is InChI=1S/C22H21FN4O2S/c1-14-2-6-16(7-3-14)20(21(28)24-12-15-4-8-17(23)9-5-15)27(18-10-11-18)22(29)19-13-30-26-25-19/h2-9,13,18,20H,10-12H2,1H3,(H,24,28)/t20-/m0/s1. The molecule has 0 saturated heterocycles. The Morgan fingerprint density at radius 2 is 1.87 bits per heavy atom. The molecule has 3 aromatic rings. The number of carbonyl (C=O) groups is 2. The molecule has 1 aliphatic rings. The van der Waals surface area contributed by atoms with Gasteiger partial charge in [-0.05, 0) is 54.6 Å². The van der Waals surface area contributed by atoms with Crippen molar-refractivity contribution < 1.29 is 14.0 Å². The first kappa shape index (κ1) is 20.2. The summed E-state index contributed by atoms with van der Waals surface area (Å²) in [6, 6.07) is 12.8. The monoisotopic (exact) mass is 424 g/mol. The number of hydrogen-bond acceptors (Lipinski definition) is 5. The van der Waals surface area contributed by atoms with Crippen LogP contribution in [0.15, 0.2) is 53.9 Å². The number of nitrogens with one attached hydrogen (secondary N) is 1. The number of aromatic nitrogens is 2. The number of amides is 2. The summed E-state index contributed by atoms with van der Waals surface area (Å²) in [5, 5.41) is 8.41. The van der Waals surface area contributed by atoms with Crippen LogP contribution >= 0.6 is 11.5 Å². The van der Waals surface area contributed by atoms with Crippen molar-refractivity contribution in [3.8, 4) is 0 Å². The lowest BCUT2D eigenvalue weighted by molar-refractivity contribution is -0.126. The molecule has 1 aromatic heterocycles. The van der Waals surface area contributed by atoms with Gasteiger partial charge in [-0.15, -0.1) is 5.10 Å². The van der Waals surface area contributed by atoms with Gasteiger partial charge in [-0.2, -0.15) is 0 Å². The van der Waals surface area contributed by atoms with E-state index in [0.29, 0.717) is 0 Å². The second-order valence-corrected chi connectivity index (χ2v) is 8.00. The van der Waals surface area contributed by atoms with Gasteiger partial charge in [-0.1, -0.05) is 46.4 Å². The van der Waals surface area contributed by atoms with E-state index in [1.807, 2.05) is 31.2 Å². The van der Waals surface area contributed by atoms with E-state index in [2.05, 4.69) is 14.9 Å². The average Bonchev–Trinajstić information content (AvgIpc) is 3.43. The molecule has 1 aliphatic carbocycles. The number of hydrogen-bond donors (Lipinski definition) is 1. The smallest absolute Gasteiger partial charge is 0.276 e. The maximum absolute atomic E-state index is 13.3. The predicted octanol–water partition coefficient (Wildman–Crippen LogP) is 3.65. The molecule has 0 spiro atoms. The summed E-state index contributed by atoms with van der Waals surface area (Å²) in [7, 11) is 0. The highest BCUT2D eigenvalue weighted by molar-refractivity contribution is 7.03. The van der Waals surface area contributed by atoms with E-state index in [1.54, 1.807) is 22.4 Å². The van der Waals surface area contributed by atoms with Crippen LogP contribution in [0.2, 0.25) is 0 Å². The number of nitrogens with zero attached hydrogens (tertiary/aromatic N) is 3. The third kappa shape index (κ3) is 4.54. The van der Waals surface area contributed by atoms with Crippen molar-refractivity contribution in [2.45, 2.75) is 38.4 Å². The molecule has 0 aliphatic heterocycles. The van der Waals surface area contributed by atoms with Crippen molar-refractivity contribution in [2.75, 3.05) is 0 Å². The van der Waals surface area contributed by atoms with Gasteiger partial charge in [0.1, 0.15) is 11.9 Å². The van der Waals surface area contributed by atoms with Crippen LogP contribution in [0.1, 0.15) is 46.1 Å². The minimum atomic E-state index is -0.784. The third-order valence-corrected chi connectivity index (χ3v) is 5.56. The molecule has 0 bridgehead atoms. The highest BCUT2D eigenvalue weighted by Crippen LogP contribution is 2.36. The second kappa shape index (κ2) is 8.71. The van der Waals surface area contributed by atoms with Crippen molar-refractivity contribution in [3.05, 3.63) is 82.1 Å². The van der Waals surface area contributed by atoms with Gasteiger partial charge in [0.2, 0.25) is 5.91 Å². The lowest BCUT2D eigenvalue weighted by Gasteiger charge is -2.31. The number of carbonyl (C=O) groups excluding carboxylic acids is 2. The minimum Gasteiger partial charge on any atom is -0.350 e. The Labute approximate surface area is 177 Å². The number of halogens is 1. The summed E-state index contributed by atoms with van der Waals surface area (Å²) in [5.41, 5.74) is 2.83. The Kier molecular flexibility index (Phi) is 5.85. The van der Waals surface area contributed by atoms with Crippen LogP contribution in [0.5, 0.6) is 0 Å². The molecule has 154 valence electrons. The van der Waals surface area contributed by atoms with E-state index in [-0.39, 0.29) is 35.9 Å². The number of aryl methyl sites for hydroxylation is 1. The Balaban J connectivity index is 1.62. The van der Waals surface area contributed by atoms with E-state index in [9.17, 15) is 14.0 Å². The zero-order chi connectivity index (χ0) is 21.1. The van der Waals surface area contributed by atoms with Gasteiger partial charge in [-0.25, -0.2) is 4.39 Å². The summed E-state index contributed by atoms with van der Waals surface area (Å²) in [6.45, 7) is 2.21. The Hall–Kier alpha value is -3.13. The molecule has 0 radical (unpaired) electrons. The molecular formula is C22H21FN4O2S. The van der Waals surface area contributed by atoms with Crippen molar-refractivity contribution in [3.63, 3.8) is 0 Å². The highest BCUT2D eigenvalue weighted by Gasteiger charge is 2.42. The number of rotatable bonds is 7. The summed E-state index contributed by atoms with van der Waals surface area (Å²) < 4.78 is 16.9. The van der Waals surface area contributed by atoms with E-state index in [4.69, 9.17) is 0 Å². The SMILES string of the molecule is Cc1ccc([C@@H](C(=O)NCc2ccc(F)cc2)N(C(=O)c2csnn2)C2CC2)cc1. The second-order valence-electron chi connectivity index (χ2n) is 7.39. The normalized spacial score (nSPS) is 14.2. The summed E-state index contributed by atoms with van der Waals surface area (Å²) >= 11 is 1.10. The number of benzene rings is 2. The van der Waals surface area contributed by atoms with E-state index >= 15 is 0 Å². The van der Waals surface area contributed by atoms with Gasteiger partial charge in [0.05, 0.1) is 0 Å². The first-order valence-electron chi connectivity index (χ1n) is 9.71. The van der Waals surface area contributed by atoms with Crippen molar-refractivity contribution in [1.29, 1.82) is 0 Å². The van der Waals surface area contributed by atoms with Gasteiger partial charge < -0.3 is 10.2 Å². The van der Waals surface area contributed by atoms with Crippen molar-refractivity contribution in [1.82, 2.24) is 19.8 Å². The Morgan fingerprint density at radius 1 is 1.17 bits per heavy atom. The molecule has 6 nitrogen and oxygen atoms in total. The molecule has 1 saturated carbocycles. The Morgan fingerprint density at radius 3 is 2.47 bits per heavy atom. The maximum Gasteiger partial charge on any atom is 0.276 e.